The van der Waals surface area contributed by atoms with Crippen molar-refractivity contribution in [1.82, 2.24) is 0 Å². The number of esters is 1. The third kappa shape index (κ3) is 3.18. The largest absolute Gasteiger partial charge is 0.460 e. The predicted molar refractivity (Wildman–Crippen MR) is 78.2 cm³/mol. The van der Waals surface area contributed by atoms with Gasteiger partial charge in [0.05, 0.1) is 6.61 Å². The predicted octanol–water partition coefficient (Wildman–Crippen LogP) is 2.73. The van der Waals surface area contributed by atoms with Crippen molar-refractivity contribution in [3.05, 3.63) is 29.3 Å². The van der Waals surface area contributed by atoms with Crippen LogP contribution < -0.4 is 4.90 Å². The van der Waals surface area contributed by atoms with E-state index in [1.54, 1.807) is 19.1 Å². The molecule has 1 aliphatic rings. The van der Waals surface area contributed by atoms with Crippen LogP contribution in [-0.4, -0.2) is 31.4 Å². The molecule has 0 atom stereocenters. The molecule has 4 heteroatoms. The first-order chi connectivity index (χ1) is 9.63. The molecule has 0 N–H and O–H groups in total. The summed E-state index contributed by atoms with van der Waals surface area (Å²) in [6.07, 6.45) is 3.71. The molecule has 4 nitrogen and oxygen atoms in total. The van der Waals surface area contributed by atoms with Gasteiger partial charge in [-0.15, -0.1) is 0 Å². The zero-order valence-corrected chi connectivity index (χ0v) is 12.1. The lowest BCUT2D eigenvalue weighted by Gasteiger charge is -2.30. The van der Waals surface area contributed by atoms with Crippen LogP contribution in [0.1, 0.15) is 42.1 Å². The number of benzene rings is 1. The second-order valence-electron chi connectivity index (χ2n) is 5.10. The standard InChI is InChI=1S/C16H21NO3/c1-3-20-16(19)15(18)13-7-8-14(12(2)11-13)17-9-5-4-6-10-17/h7-8,11H,3-6,9-10H2,1-2H3. The van der Waals surface area contributed by atoms with Crippen molar-refractivity contribution in [3.8, 4) is 0 Å². The van der Waals surface area contributed by atoms with Gasteiger partial charge >= 0.3 is 5.97 Å². The summed E-state index contributed by atoms with van der Waals surface area (Å²) >= 11 is 0. The second kappa shape index (κ2) is 6.55. The summed E-state index contributed by atoms with van der Waals surface area (Å²) < 4.78 is 4.75. The summed E-state index contributed by atoms with van der Waals surface area (Å²) in [5.74, 6) is -1.35. The number of rotatable bonds is 4. The molecule has 108 valence electrons. The van der Waals surface area contributed by atoms with Gasteiger partial charge in [0.1, 0.15) is 0 Å². The lowest BCUT2D eigenvalue weighted by Crippen LogP contribution is -2.30. The first-order valence-corrected chi connectivity index (χ1v) is 7.20. The van der Waals surface area contributed by atoms with Gasteiger partial charge in [0, 0.05) is 24.3 Å². The second-order valence-corrected chi connectivity index (χ2v) is 5.10. The minimum atomic E-state index is -0.780. The molecule has 0 radical (unpaired) electrons. The minimum absolute atomic E-state index is 0.218. The van der Waals surface area contributed by atoms with E-state index in [1.807, 2.05) is 13.0 Å². The molecule has 1 fully saturated rings. The molecule has 1 aromatic rings. The molecule has 0 saturated carbocycles. The van der Waals surface area contributed by atoms with Crippen molar-refractivity contribution in [2.24, 2.45) is 0 Å². The topological polar surface area (TPSA) is 46.6 Å². The molecule has 1 saturated heterocycles. The van der Waals surface area contributed by atoms with Gasteiger partial charge in [0.15, 0.2) is 0 Å². The number of carbonyl (C=O) groups excluding carboxylic acids is 2. The minimum Gasteiger partial charge on any atom is -0.460 e. The Morgan fingerprint density at radius 2 is 1.90 bits per heavy atom. The first kappa shape index (κ1) is 14.6. The summed E-state index contributed by atoms with van der Waals surface area (Å²) in [7, 11) is 0. The maximum Gasteiger partial charge on any atom is 0.379 e. The summed E-state index contributed by atoms with van der Waals surface area (Å²) in [5.41, 5.74) is 2.59. The maximum atomic E-state index is 11.9. The molecule has 2 rings (SSSR count). The van der Waals surface area contributed by atoms with Crippen molar-refractivity contribution >= 4 is 17.4 Å². The fourth-order valence-corrected chi connectivity index (χ4v) is 2.60. The van der Waals surface area contributed by atoms with Crippen molar-refractivity contribution in [2.45, 2.75) is 33.1 Å². The summed E-state index contributed by atoms with van der Waals surface area (Å²) in [5, 5.41) is 0. The number of hydrogen-bond acceptors (Lipinski definition) is 4. The van der Waals surface area contributed by atoms with Crippen LogP contribution in [0.15, 0.2) is 18.2 Å². The number of Topliss-reactive ketones (excluding diaryl/α,β-unsaturated/α-hetero) is 1. The number of carbonyl (C=O) groups is 2. The van der Waals surface area contributed by atoms with Crippen LogP contribution in [0.25, 0.3) is 0 Å². The quantitative estimate of drug-likeness (QED) is 0.481. The van der Waals surface area contributed by atoms with Crippen LogP contribution >= 0.6 is 0 Å². The Morgan fingerprint density at radius 1 is 1.20 bits per heavy atom. The molecule has 1 aromatic carbocycles. The van der Waals surface area contributed by atoms with E-state index >= 15 is 0 Å². The van der Waals surface area contributed by atoms with Crippen LogP contribution in [0.5, 0.6) is 0 Å². The number of piperidine rings is 1. The highest BCUT2D eigenvalue weighted by Gasteiger charge is 2.19. The average molecular weight is 275 g/mol. The molecule has 1 aliphatic heterocycles. The number of anilines is 1. The van der Waals surface area contributed by atoms with Gasteiger partial charge < -0.3 is 9.64 Å². The fraction of sp³-hybridized carbons (Fsp3) is 0.500. The molecular formula is C16H21NO3. The highest BCUT2D eigenvalue weighted by atomic mass is 16.5. The summed E-state index contributed by atoms with van der Waals surface area (Å²) in [6.45, 7) is 6.01. The monoisotopic (exact) mass is 275 g/mol. The number of aryl methyl sites for hydroxylation is 1. The van der Waals surface area contributed by atoms with E-state index in [0.29, 0.717) is 5.56 Å². The van der Waals surface area contributed by atoms with Crippen LogP contribution in [-0.2, 0) is 9.53 Å². The average Bonchev–Trinajstić information content (AvgIpc) is 2.47. The van der Waals surface area contributed by atoms with Crippen molar-refractivity contribution < 1.29 is 14.3 Å². The van der Waals surface area contributed by atoms with E-state index in [9.17, 15) is 9.59 Å². The third-order valence-electron chi connectivity index (χ3n) is 3.62. The Balaban J connectivity index is 2.16. The molecular weight excluding hydrogens is 254 g/mol. The van der Waals surface area contributed by atoms with E-state index in [1.165, 1.54) is 19.3 Å². The zero-order valence-electron chi connectivity index (χ0n) is 12.1. The van der Waals surface area contributed by atoms with Gasteiger partial charge in [-0.05, 0) is 56.9 Å². The van der Waals surface area contributed by atoms with Crippen LogP contribution in [0.2, 0.25) is 0 Å². The highest BCUT2D eigenvalue weighted by molar-refractivity contribution is 6.40. The smallest absolute Gasteiger partial charge is 0.379 e. The zero-order chi connectivity index (χ0) is 14.5. The van der Waals surface area contributed by atoms with Gasteiger partial charge in [-0.3, -0.25) is 4.79 Å². The molecule has 0 spiro atoms. The van der Waals surface area contributed by atoms with Gasteiger partial charge in [0.25, 0.3) is 5.78 Å². The maximum absolute atomic E-state index is 11.9. The van der Waals surface area contributed by atoms with Crippen molar-refractivity contribution in [1.29, 1.82) is 0 Å². The summed E-state index contributed by atoms with van der Waals surface area (Å²) in [6, 6.07) is 5.44. The molecule has 20 heavy (non-hydrogen) atoms. The molecule has 0 unspecified atom stereocenters. The Hall–Kier alpha value is -1.84. The Bertz CT molecular complexity index is 504. The van der Waals surface area contributed by atoms with E-state index in [0.717, 1.165) is 24.3 Å². The van der Waals surface area contributed by atoms with Crippen LogP contribution in [0.4, 0.5) is 5.69 Å². The normalized spacial score (nSPS) is 15.0. The van der Waals surface area contributed by atoms with E-state index < -0.39 is 11.8 Å². The molecule has 0 bridgehead atoms. The fourth-order valence-electron chi connectivity index (χ4n) is 2.60. The SMILES string of the molecule is CCOC(=O)C(=O)c1ccc(N2CCCCC2)c(C)c1. The third-order valence-corrected chi connectivity index (χ3v) is 3.62. The van der Waals surface area contributed by atoms with Gasteiger partial charge in [-0.25, -0.2) is 4.79 Å². The Morgan fingerprint density at radius 3 is 2.50 bits per heavy atom. The number of hydrogen-bond donors (Lipinski definition) is 0. The number of ether oxygens (including phenoxy) is 1. The molecule has 1 heterocycles. The first-order valence-electron chi connectivity index (χ1n) is 7.20. The van der Waals surface area contributed by atoms with E-state index in [4.69, 9.17) is 4.74 Å². The molecule has 0 aromatic heterocycles. The van der Waals surface area contributed by atoms with Crippen molar-refractivity contribution in [2.75, 3.05) is 24.6 Å². The molecule has 0 amide bonds. The Kier molecular flexibility index (Phi) is 4.77. The van der Waals surface area contributed by atoms with Gasteiger partial charge in [-0.1, -0.05) is 0 Å². The van der Waals surface area contributed by atoms with Gasteiger partial charge in [0.2, 0.25) is 0 Å². The van der Waals surface area contributed by atoms with E-state index in [-0.39, 0.29) is 6.61 Å². The van der Waals surface area contributed by atoms with Crippen LogP contribution in [0, 0.1) is 6.92 Å². The van der Waals surface area contributed by atoms with E-state index in [2.05, 4.69) is 4.90 Å². The van der Waals surface area contributed by atoms with Crippen LogP contribution in [0.3, 0.4) is 0 Å². The molecule has 0 aliphatic carbocycles. The Labute approximate surface area is 119 Å². The lowest BCUT2D eigenvalue weighted by molar-refractivity contribution is -0.137. The number of nitrogens with zero attached hydrogens (tertiary/aromatic N) is 1. The highest BCUT2D eigenvalue weighted by Crippen LogP contribution is 2.24. The number of ketones is 1. The summed E-state index contributed by atoms with van der Waals surface area (Å²) in [4.78, 5) is 25.7. The lowest BCUT2D eigenvalue weighted by atomic mass is 10.0. The van der Waals surface area contributed by atoms with Gasteiger partial charge in [-0.2, -0.15) is 0 Å². The van der Waals surface area contributed by atoms with Crippen molar-refractivity contribution in [3.63, 3.8) is 0 Å².